The van der Waals surface area contributed by atoms with Crippen LogP contribution in [0.1, 0.15) is 48.0 Å². The zero-order chi connectivity index (χ0) is 22.2. The lowest BCUT2D eigenvalue weighted by Crippen LogP contribution is -2.36. The van der Waals surface area contributed by atoms with Crippen LogP contribution >= 0.6 is 0 Å². The number of ketones is 1. The fraction of sp³-hybridized carbons (Fsp3) is 0.400. The molecular formula is C25H28O6. The number of hydrogen-bond acceptors (Lipinski definition) is 5. The van der Waals surface area contributed by atoms with Crippen LogP contribution in [-0.2, 0) is 20.7 Å². The van der Waals surface area contributed by atoms with E-state index in [-0.39, 0.29) is 23.6 Å². The SMILES string of the molecule is COC(=O)c1ccccc1.O=C1C=C(C(=O)O)C2CCC[C@H](CCc3ccoc3)[C@H]2C1. The fourth-order valence-corrected chi connectivity index (χ4v) is 4.68. The lowest BCUT2D eigenvalue weighted by molar-refractivity contribution is -0.135. The molecule has 164 valence electrons. The number of carbonyl (C=O) groups excluding carboxylic acids is 2. The monoisotopic (exact) mass is 424 g/mol. The van der Waals surface area contributed by atoms with Gasteiger partial charge in [-0.1, -0.05) is 31.0 Å². The highest BCUT2D eigenvalue weighted by Crippen LogP contribution is 2.45. The smallest absolute Gasteiger partial charge is 0.337 e. The molecule has 2 aromatic rings. The van der Waals surface area contributed by atoms with Crippen LogP contribution in [0.4, 0.5) is 0 Å². The molecule has 2 aliphatic carbocycles. The number of allylic oxidation sites excluding steroid dienone is 1. The molecule has 1 saturated carbocycles. The Morgan fingerprint density at radius 1 is 1.16 bits per heavy atom. The number of fused-ring (bicyclic) bond motifs is 1. The van der Waals surface area contributed by atoms with Gasteiger partial charge in [-0.05, 0) is 66.9 Å². The lowest BCUT2D eigenvalue weighted by atomic mass is 9.63. The van der Waals surface area contributed by atoms with E-state index in [2.05, 4.69) is 4.74 Å². The van der Waals surface area contributed by atoms with Crippen molar-refractivity contribution in [1.82, 2.24) is 0 Å². The van der Waals surface area contributed by atoms with Gasteiger partial charge in [0.25, 0.3) is 0 Å². The number of furan rings is 1. The maximum atomic E-state index is 11.9. The van der Waals surface area contributed by atoms with Gasteiger partial charge in [-0.25, -0.2) is 9.59 Å². The molecule has 31 heavy (non-hydrogen) atoms. The van der Waals surface area contributed by atoms with Gasteiger partial charge in [0, 0.05) is 12.0 Å². The van der Waals surface area contributed by atoms with Gasteiger partial charge in [-0.2, -0.15) is 0 Å². The number of ether oxygens (including phenoxy) is 1. The zero-order valence-electron chi connectivity index (χ0n) is 17.7. The lowest BCUT2D eigenvalue weighted by Gasteiger charge is -2.40. The molecule has 4 rings (SSSR count). The molecule has 0 saturated heterocycles. The first-order valence-corrected chi connectivity index (χ1v) is 10.6. The summed E-state index contributed by atoms with van der Waals surface area (Å²) < 4.78 is 9.58. The number of benzene rings is 1. The summed E-state index contributed by atoms with van der Waals surface area (Å²) in [5.41, 5.74) is 2.10. The summed E-state index contributed by atoms with van der Waals surface area (Å²) in [5, 5.41) is 9.33. The summed E-state index contributed by atoms with van der Waals surface area (Å²) in [6.45, 7) is 0. The zero-order valence-corrected chi connectivity index (χ0v) is 17.7. The minimum atomic E-state index is -0.923. The van der Waals surface area contributed by atoms with Gasteiger partial charge in [0.2, 0.25) is 0 Å². The van der Waals surface area contributed by atoms with Crippen LogP contribution in [0.15, 0.2) is 65.0 Å². The predicted octanol–water partition coefficient (Wildman–Crippen LogP) is 4.70. The van der Waals surface area contributed by atoms with Crippen LogP contribution in [0.25, 0.3) is 0 Å². The van der Waals surface area contributed by atoms with Gasteiger partial charge in [-0.15, -0.1) is 0 Å². The van der Waals surface area contributed by atoms with Gasteiger partial charge >= 0.3 is 11.9 Å². The van der Waals surface area contributed by atoms with E-state index in [9.17, 15) is 19.5 Å². The van der Waals surface area contributed by atoms with E-state index in [0.717, 1.165) is 32.1 Å². The molecule has 1 fully saturated rings. The molecule has 1 heterocycles. The first kappa shape index (κ1) is 22.5. The Balaban J connectivity index is 0.000000229. The van der Waals surface area contributed by atoms with E-state index in [4.69, 9.17) is 4.42 Å². The second kappa shape index (κ2) is 10.8. The van der Waals surface area contributed by atoms with E-state index >= 15 is 0 Å². The van der Waals surface area contributed by atoms with E-state index in [1.165, 1.54) is 18.7 Å². The molecule has 1 aromatic carbocycles. The molecule has 6 heteroatoms. The fourth-order valence-electron chi connectivity index (χ4n) is 4.68. The Morgan fingerprint density at radius 3 is 2.58 bits per heavy atom. The van der Waals surface area contributed by atoms with Gasteiger partial charge in [-0.3, -0.25) is 4.79 Å². The van der Waals surface area contributed by atoms with Gasteiger partial charge in [0.1, 0.15) is 0 Å². The minimum Gasteiger partial charge on any atom is -0.478 e. The number of carboxylic acids is 1. The number of aliphatic carboxylic acids is 1. The Bertz CT molecular complexity index is 913. The standard InChI is InChI=1S/C17H20O4.C8H8O2/c18-13-8-15-12(5-4-11-6-7-21-10-11)2-1-3-14(15)16(9-13)17(19)20;1-10-8(9)7-5-3-2-4-6-7/h6-7,9-10,12,14-15H,1-5,8H2,(H,19,20);2-6H,1H3/t12-,14?,15-;/m1./s1. The Kier molecular flexibility index (Phi) is 7.82. The first-order valence-electron chi connectivity index (χ1n) is 10.6. The van der Waals surface area contributed by atoms with Gasteiger partial charge in [0.15, 0.2) is 5.78 Å². The third-order valence-corrected chi connectivity index (χ3v) is 6.19. The van der Waals surface area contributed by atoms with Crippen molar-refractivity contribution >= 4 is 17.7 Å². The topological polar surface area (TPSA) is 93.8 Å². The normalized spacial score (nSPS) is 22.4. The van der Waals surface area contributed by atoms with Crippen molar-refractivity contribution in [2.24, 2.45) is 17.8 Å². The van der Waals surface area contributed by atoms with Crippen molar-refractivity contribution < 1.29 is 28.6 Å². The van der Waals surface area contributed by atoms with Crippen molar-refractivity contribution in [3.63, 3.8) is 0 Å². The average molecular weight is 424 g/mol. The average Bonchev–Trinajstić information content (AvgIpc) is 3.31. The first-order chi connectivity index (χ1) is 15.0. The van der Waals surface area contributed by atoms with Gasteiger partial charge in [0.05, 0.1) is 25.2 Å². The molecule has 0 aliphatic heterocycles. The molecule has 0 spiro atoms. The predicted molar refractivity (Wildman–Crippen MR) is 114 cm³/mol. The van der Waals surface area contributed by atoms with Crippen molar-refractivity contribution in [3.05, 3.63) is 71.7 Å². The van der Waals surface area contributed by atoms with E-state index in [0.29, 0.717) is 23.5 Å². The highest BCUT2D eigenvalue weighted by Gasteiger charge is 2.40. The summed E-state index contributed by atoms with van der Waals surface area (Å²) >= 11 is 0. The summed E-state index contributed by atoms with van der Waals surface area (Å²) in [7, 11) is 1.37. The van der Waals surface area contributed by atoms with Crippen molar-refractivity contribution in [1.29, 1.82) is 0 Å². The number of aryl methyl sites for hydroxylation is 1. The summed E-state index contributed by atoms with van der Waals surface area (Å²) in [6, 6.07) is 10.8. The quantitative estimate of drug-likeness (QED) is 0.699. The van der Waals surface area contributed by atoms with E-state index in [1.807, 2.05) is 12.1 Å². The molecule has 1 N–H and O–H groups in total. The third kappa shape index (κ3) is 5.94. The van der Waals surface area contributed by atoms with E-state index in [1.54, 1.807) is 36.8 Å². The van der Waals surface area contributed by atoms with Crippen LogP contribution in [0.3, 0.4) is 0 Å². The maximum Gasteiger partial charge on any atom is 0.337 e. The largest absolute Gasteiger partial charge is 0.478 e. The second-order valence-corrected chi connectivity index (χ2v) is 8.06. The molecule has 0 bridgehead atoms. The molecule has 0 radical (unpaired) electrons. The highest BCUT2D eigenvalue weighted by molar-refractivity contribution is 6.00. The molecule has 1 aromatic heterocycles. The Hall–Kier alpha value is -3.15. The van der Waals surface area contributed by atoms with Crippen LogP contribution in [-0.4, -0.2) is 29.9 Å². The van der Waals surface area contributed by atoms with Crippen LogP contribution in [0.5, 0.6) is 0 Å². The Labute approximate surface area is 181 Å². The van der Waals surface area contributed by atoms with Crippen molar-refractivity contribution in [2.45, 2.75) is 38.5 Å². The number of methoxy groups -OCH3 is 1. The molecular weight excluding hydrogens is 396 g/mol. The maximum absolute atomic E-state index is 11.9. The van der Waals surface area contributed by atoms with Crippen LogP contribution in [0.2, 0.25) is 0 Å². The van der Waals surface area contributed by atoms with Gasteiger partial charge < -0.3 is 14.3 Å². The summed E-state index contributed by atoms with van der Waals surface area (Å²) in [6.07, 6.45) is 10.3. The van der Waals surface area contributed by atoms with Crippen molar-refractivity contribution in [3.8, 4) is 0 Å². The number of esters is 1. The second-order valence-electron chi connectivity index (χ2n) is 8.06. The van der Waals surface area contributed by atoms with Crippen LogP contribution in [0, 0.1) is 17.8 Å². The van der Waals surface area contributed by atoms with E-state index < -0.39 is 5.97 Å². The third-order valence-electron chi connectivity index (χ3n) is 6.19. The minimum absolute atomic E-state index is 0.0242. The summed E-state index contributed by atoms with van der Waals surface area (Å²) in [5.74, 6) is -0.541. The molecule has 1 unspecified atom stereocenters. The number of rotatable bonds is 5. The molecule has 0 amide bonds. The molecule has 6 nitrogen and oxygen atoms in total. The van der Waals surface area contributed by atoms with Crippen LogP contribution < -0.4 is 0 Å². The summed E-state index contributed by atoms with van der Waals surface area (Å²) in [4.78, 5) is 34.0. The van der Waals surface area contributed by atoms with Crippen molar-refractivity contribution in [2.75, 3.05) is 7.11 Å². The molecule has 3 atom stereocenters. The molecule has 2 aliphatic rings. The number of carboxylic acid groups (broad SMARTS) is 1. The highest BCUT2D eigenvalue weighted by atomic mass is 16.5. The Morgan fingerprint density at radius 2 is 1.94 bits per heavy atom. The number of carbonyl (C=O) groups is 3. The number of hydrogen-bond donors (Lipinski definition) is 1.